The van der Waals surface area contributed by atoms with Gasteiger partial charge in [0.2, 0.25) is 0 Å². The van der Waals surface area contributed by atoms with E-state index in [-0.39, 0.29) is 12.5 Å². The largest absolute Gasteiger partial charge is 0.481 e. The molecule has 116 valence electrons. The van der Waals surface area contributed by atoms with Crippen molar-refractivity contribution in [1.82, 2.24) is 0 Å². The van der Waals surface area contributed by atoms with E-state index in [1.807, 2.05) is 6.07 Å². The smallest absolute Gasteiger partial charge is 0.303 e. The Labute approximate surface area is 127 Å². The third kappa shape index (κ3) is 4.31. The van der Waals surface area contributed by atoms with Gasteiger partial charge in [-0.2, -0.15) is 0 Å². The van der Waals surface area contributed by atoms with Crippen molar-refractivity contribution in [2.45, 2.75) is 64.3 Å². The molecular weight excluding hydrogens is 262 g/mol. The predicted octanol–water partition coefficient (Wildman–Crippen LogP) is 4.24. The van der Waals surface area contributed by atoms with E-state index in [0.29, 0.717) is 17.8 Å². The number of carbonyl (C=O) groups is 1. The molecular formula is C18H27NO2. The molecule has 1 aliphatic rings. The zero-order valence-corrected chi connectivity index (χ0v) is 13.1. The first-order valence-electron chi connectivity index (χ1n) is 7.95. The molecule has 1 fully saturated rings. The van der Waals surface area contributed by atoms with Crippen molar-refractivity contribution >= 4 is 5.97 Å². The SMILES string of the molecule is CC1(C)CCC(c2ccccc2C(N)CCC(=O)O)CC1. The molecule has 21 heavy (non-hydrogen) atoms. The maximum absolute atomic E-state index is 10.7. The highest BCUT2D eigenvalue weighted by molar-refractivity contribution is 5.66. The lowest BCUT2D eigenvalue weighted by Gasteiger charge is -2.35. The average molecular weight is 289 g/mol. The molecule has 0 saturated heterocycles. The maximum Gasteiger partial charge on any atom is 0.303 e. The van der Waals surface area contributed by atoms with E-state index in [1.165, 1.54) is 31.2 Å². The minimum atomic E-state index is -0.776. The van der Waals surface area contributed by atoms with Crippen LogP contribution in [0.5, 0.6) is 0 Å². The van der Waals surface area contributed by atoms with Crippen molar-refractivity contribution < 1.29 is 9.90 Å². The van der Waals surface area contributed by atoms with E-state index in [0.717, 1.165) is 5.56 Å². The summed E-state index contributed by atoms with van der Waals surface area (Å²) in [5.41, 5.74) is 9.18. The van der Waals surface area contributed by atoms with Gasteiger partial charge in [0, 0.05) is 12.5 Å². The van der Waals surface area contributed by atoms with E-state index < -0.39 is 5.97 Å². The molecule has 1 atom stereocenters. The molecule has 0 aliphatic heterocycles. The van der Waals surface area contributed by atoms with Crippen molar-refractivity contribution in [2.75, 3.05) is 0 Å². The van der Waals surface area contributed by atoms with Gasteiger partial charge in [-0.05, 0) is 54.6 Å². The number of rotatable bonds is 5. The third-order valence-electron chi connectivity index (χ3n) is 4.84. The number of hydrogen-bond donors (Lipinski definition) is 2. The minimum absolute atomic E-state index is 0.132. The van der Waals surface area contributed by atoms with Gasteiger partial charge in [-0.3, -0.25) is 4.79 Å². The van der Waals surface area contributed by atoms with Crippen LogP contribution in [0, 0.1) is 5.41 Å². The molecule has 0 aromatic heterocycles. The topological polar surface area (TPSA) is 63.3 Å². The van der Waals surface area contributed by atoms with Gasteiger partial charge in [-0.15, -0.1) is 0 Å². The lowest BCUT2D eigenvalue weighted by molar-refractivity contribution is -0.137. The second-order valence-electron chi connectivity index (χ2n) is 7.11. The number of aliphatic carboxylic acids is 1. The Morgan fingerprint density at radius 2 is 1.95 bits per heavy atom. The first-order valence-corrected chi connectivity index (χ1v) is 7.95. The fraction of sp³-hybridized carbons (Fsp3) is 0.611. The highest BCUT2D eigenvalue weighted by atomic mass is 16.4. The van der Waals surface area contributed by atoms with Gasteiger partial charge in [-0.25, -0.2) is 0 Å². The molecule has 0 heterocycles. The second kappa shape index (κ2) is 6.61. The van der Waals surface area contributed by atoms with Crippen LogP contribution in [0.4, 0.5) is 0 Å². The van der Waals surface area contributed by atoms with Crippen LogP contribution in [0.2, 0.25) is 0 Å². The summed E-state index contributed by atoms with van der Waals surface area (Å²) >= 11 is 0. The van der Waals surface area contributed by atoms with Crippen molar-refractivity contribution in [2.24, 2.45) is 11.1 Å². The first-order chi connectivity index (χ1) is 9.89. The van der Waals surface area contributed by atoms with Crippen molar-refractivity contribution in [3.63, 3.8) is 0 Å². The number of carboxylic acid groups (broad SMARTS) is 1. The normalized spacial score (nSPS) is 20.1. The van der Waals surface area contributed by atoms with Gasteiger partial charge < -0.3 is 10.8 Å². The molecule has 0 spiro atoms. The number of carboxylic acids is 1. The molecule has 3 N–H and O–H groups in total. The van der Waals surface area contributed by atoms with Gasteiger partial charge >= 0.3 is 5.97 Å². The molecule has 0 amide bonds. The van der Waals surface area contributed by atoms with Crippen LogP contribution in [-0.2, 0) is 4.79 Å². The quantitative estimate of drug-likeness (QED) is 0.852. The number of hydrogen-bond acceptors (Lipinski definition) is 2. The summed E-state index contributed by atoms with van der Waals surface area (Å²) in [6, 6.07) is 8.15. The Morgan fingerprint density at radius 3 is 2.57 bits per heavy atom. The second-order valence-corrected chi connectivity index (χ2v) is 7.11. The zero-order valence-electron chi connectivity index (χ0n) is 13.1. The molecule has 1 unspecified atom stereocenters. The van der Waals surface area contributed by atoms with Crippen LogP contribution in [0.15, 0.2) is 24.3 Å². The van der Waals surface area contributed by atoms with Crippen LogP contribution in [-0.4, -0.2) is 11.1 Å². The maximum atomic E-state index is 10.7. The Bertz CT molecular complexity index is 486. The molecule has 1 aromatic carbocycles. The van der Waals surface area contributed by atoms with Gasteiger partial charge in [0.15, 0.2) is 0 Å². The number of benzene rings is 1. The van der Waals surface area contributed by atoms with Crippen LogP contribution in [0.25, 0.3) is 0 Å². The summed E-state index contributed by atoms with van der Waals surface area (Å²) in [5, 5.41) is 8.83. The standard InChI is InChI=1S/C18H27NO2/c1-18(2)11-9-13(10-12-18)14-5-3-4-6-15(14)16(19)7-8-17(20)21/h3-6,13,16H,7-12,19H2,1-2H3,(H,20,21). The first kappa shape index (κ1) is 16.0. The van der Waals surface area contributed by atoms with Crippen molar-refractivity contribution in [1.29, 1.82) is 0 Å². The molecule has 3 nitrogen and oxygen atoms in total. The highest BCUT2D eigenvalue weighted by Crippen LogP contribution is 2.43. The highest BCUT2D eigenvalue weighted by Gasteiger charge is 2.29. The predicted molar refractivity (Wildman–Crippen MR) is 85.2 cm³/mol. The Kier molecular flexibility index (Phi) is 5.04. The summed E-state index contributed by atoms with van der Waals surface area (Å²) < 4.78 is 0. The van der Waals surface area contributed by atoms with Gasteiger partial charge in [0.1, 0.15) is 0 Å². The van der Waals surface area contributed by atoms with E-state index in [4.69, 9.17) is 10.8 Å². The van der Waals surface area contributed by atoms with E-state index in [2.05, 4.69) is 32.0 Å². The van der Waals surface area contributed by atoms with Crippen molar-refractivity contribution in [3.8, 4) is 0 Å². The van der Waals surface area contributed by atoms with Crippen molar-refractivity contribution in [3.05, 3.63) is 35.4 Å². The summed E-state index contributed by atoms with van der Waals surface area (Å²) in [6.07, 6.45) is 5.54. The monoisotopic (exact) mass is 289 g/mol. The molecule has 0 bridgehead atoms. The van der Waals surface area contributed by atoms with E-state index >= 15 is 0 Å². The summed E-state index contributed by atoms with van der Waals surface area (Å²) in [6.45, 7) is 4.68. The van der Waals surface area contributed by atoms with Crippen LogP contribution in [0.3, 0.4) is 0 Å². The fourth-order valence-corrected chi connectivity index (χ4v) is 3.37. The minimum Gasteiger partial charge on any atom is -0.481 e. The summed E-state index contributed by atoms with van der Waals surface area (Å²) in [5.74, 6) is -0.201. The van der Waals surface area contributed by atoms with Crippen LogP contribution >= 0.6 is 0 Å². The van der Waals surface area contributed by atoms with E-state index in [9.17, 15) is 4.79 Å². The van der Waals surface area contributed by atoms with Crippen LogP contribution < -0.4 is 5.73 Å². The molecule has 1 aliphatic carbocycles. The van der Waals surface area contributed by atoms with Gasteiger partial charge in [0.05, 0.1) is 0 Å². The van der Waals surface area contributed by atoms with E-state index in [1.54, 1.807) is 0 Å². The van der Waals surface area contributed by atoms with Crippen LogP contribution in [0.1, 0.15) is 75.5 Å². The number of nitrogens with two attached hydrogens (primary N) is 1. The summed E-state index contributed by atoms with van der Waals surface area (Å²) in [4.78, 5) is 10.7. The third-order valence-corrected chi connectivity index (χ3v) is 4.84. The van der Waals surface area contributed by atoms with Gasteiger partial charge in [0.25, 0.3) is 0 Å². The summed E-state index contributed by atoms with van der Waals surface area (Å²) in [7, 11) is 0. The Hall–Kier alpha value is -1.35. The lowest BCUT2D eigenvalue weighted by atomic mass is 9.70. The molecule has 2 rings (SSSR count). The lowest BCUT2D eigenvalue weighted by Crippen LogP contribution is -2.22. The molecule has 1 saturated carbocycles. The molecule has 0 radical (unpaired) electrons. The zero-order chi connectivity index (χ0) is 15.5. The molecule has 1 aromatic rings. The Balaban J connectivity index is 2.11. The molecule has 3 heteroatoms. The average Bonchev–Trinajstić information content (AvgIpc) is 2.45. The Morgan fingerprint density at radius 1 is 1.33 bits per heavy atom. The fourth-order valence-electron chi connectivity index (χ4n) is 3.37. The van der Waals surface area contributed by atoms with Gasteiger partial charge in [-0.1, -0.05) is 38.1 Å².